The second-order valence-corrected chi connectivity index (χ2v) is 9.58. The number of fused-ring (bicyclic) bond motifs is 2. The summed E-state index contributed by atoms with van der Waals surface area (Å²) in [6.45, 7) is 2.27. The van der Waals surface area contributed by atoms with Gasteiger partial charge < -0.3 is 21.1 Å². The number of halogens is 1. The van der Waals surface area contributed by atoms with Crippen LogP contribution in [0.2, 0.25) is 0 Å². The zero-order chi connectivity index (χ0) is 27.0. The Labute approximate surface area is 217 Å². The van der Waals surface area contributed by atoms with E-state index < -0.39 is 17.7 Å². The predicted octanol–water partition coefficient (Wildman–Crippen LogP) is 3.34. The number of carbonyl (C=O) groups excluding carboxylic acids is 2. The Balaban J connectivity index is 1.51. The van der Waals surface area contributed by atoms with E-state index in [0.29, 0.717) is 33.8 Å². The lowest BCUT2D eigenvalue weighted by Crippen LogP contribution is -2.42. The highest BCUT2D eigenvalue weighted by molar-refractivity contribution is 6.01. The number of carbonyl (C=O) groups is 2. The van der Waals surface area contributed by atoms with Gasteiger partial charge >= 0.3 is 0 Å². The highest BCUT2D eigenvalue weighted by atomic mass is 19.1. The topological polar surface area (TPSA) is 144 Å². The van der Waals surface area contributed by atoms with Crippen LogP contribution in [0.5, 0.6) is 0 Å². The Hall–Kier alpha value is -4.82. The number of hydrogen-bond donors (Lipinski definition) is 4. The maximum absolute atomic E-state index is 14.3. The lowest BCUT2D eigenvalue weighted by molar-refractivity contribution is -0.115. The third-order valence-corrected chi connectivity index (χ3v) is 6.26. The second kappa shape index (κ2) is 9.57. The van der Waals surface area contributed by atoms with Crippen LogP contribution in [0.3, 0.4) is 0 Å². The van der Waals surface area contributed by atoms with Gasteiger partial charge in [0.15, 0.2) is 0 Å². The number of nitrogens with zero attached hydrogens (tertiary/aromatic N) is 4. The Morgan fingerprint density at radius 1 is 1.26 bits per heavy atom. The van der Waals surface area contributed by atoms with E-state index in [4.69, 9.17) is 5.26 Å². The van der Waals surface area contributed by atoms with Crippen molar-refractivity contribution in [2.24, 2.45) is 0 Å². The van der Waals surface area contributed by atoms with Gasteiger partial charge in [-0.2, -0.15) is 10.4 Å². The van der Waals surface area contributed by atoms with Crippen molar-refractivity contribution in [3.8, 4) is 17.5 Å². The van der Waals surface area contributed by atoms with Gasteiger partial charge in [0.05, 0.1) is 58.5 Å². The molecule has 192 valence electrons. The highest BCUT2D eigenvalue weighted by Gasteiger charge is 2.27. The smallest absolute Gasteiger partial charge is 0.255 e. The van der Waals surface area contributed by atoms with Crippen LogP contribution in [0.4, 0.5) is 21.5 Å². The quantitative estimate of drug-likeness (QED) is 0.297. The van der Waals surface area contributed by atoms with E-state index >= 15 is 0 Å². The molecule has 0 radical (unpaired) electrons. The molecule has 3 aromatic heterocycles. The van der Waals surface area contributed by atoms with E-state index in [2.05, 4.69) is 32.1 Å². The predicted molar refractivity (Wildman–Crippen MR) is 139 cm³/mol. The van der Waals surface area contributed by atoms with Crippen molar-refractivity contribution in [1.82, 2.24) is 19.9 Å². The third-order valence-electron chi connectivity index (χ3n) is 6.26. The number of nitriles is 1. The summed E-state index contributed by atoms with van der Waals surface area (Å²) in [6, 6.07) is 14.4. The van der Waals surface area contributed by atoms with E-state index in [1.54, 1.807) is 40.9 Å². The molecule has 38 heavy (non-hydrogen) atoms. The molecule has 2 amide bonds. The molecule has 10 nitrogen and oxygen atoms in total. The number of nitrogens with one attached hydrogen (secondary N) is 3. The van der Waals surface area contributed by atoms with Crippen LogP contribution in [-0.2, 0) is 11.2 Å². The minimum absolute atomic E-state index is 0.0943. The van der Waals surface area contributed by atoms with Crippen molar-refractivity contribution in [1.29, 1.82) is 5.26 Å². The lowest BCUT2D eigenvalue weighted by Gasteiger charge is -2.22. The van der Waals surface area contributed by atoms with Crippen molar-refractivity contribution < 1.29 is 19.1 Å². The van der Waals surface area contributed by atoms with Crippen molar-refractivity contribution in [2.75, 3.05) is 17.2 Å². The average molecular weight is 514 g/mol. The molecule has 0 saturated heterocycles. The molecule has 0 aliphatic carbocycles. The number of aliphatic hydroxyl groups is 1. The normalized spacial score (nSPS) is 13.5. The summed E-state index contributed by atoms with van der Waals surface area (Å²) < 4.78 is 15.9. The number of pyridine rings is 1. The van der Waals surface area contributed by atoms with E-state index in [1.807, 2.05) is 6.07 Å². The molecule has 1 unspecified atom stereocenters. The fourth-order valence-corrected chi connectivity index (χ4v) is 4.12. The molecule has 1 atom stereocenters. The van der Waals surface area contributed by atoms with Crippen LogP contribution in [0.15, 0.2) is 54.9 Å². The van der Waals surface area contributed by atoms with Gasteiger partial charge in [-0.05, 0) is 61.9 Å². The lowest BCUT2D eigenvalue weighted by atomic mass is 10.0. The second-order valence-electron chi connectivity index (χ2n) is 9.58. The van der Waals surface area contributed by atoms with Gasteiger partial charge in [0.2, 0.25) is 5.91 Å². The Bertz CT molecular complexity index is 1620. The molecule has 4 heterocycles. The number of amides is 2. The highest BCUT2D eigenvalue weighted by Crippen LogP contribution is 2.31. The van der Waals surface area contributed by atoms with Crippen LogP contribution < -0.4 is 16.0 Å². The van der Waals surface area contributed by atoms with Crippen LogP contribution in [-0.4, -0.2) is 49.8 Å². The molecule has 1 aliphatic heterocycles. The van der Waals surface area contributed by atoms with Crippen LogP contribution >= 0.6 is 0 Å². The summed E-state index contributed by atoms with van der Waals surface area (Å²) in [5.41, 5.74) is 3.40. The molecular weight excluding hydrogens is 489 g/mol. The largest absolute Gasteiger partial charge is 0.387 e. The number of alkyl halides is 1. The minimum atomic E-state index is -1.67. The van der Waals surface area contributed by atoms with E-state index in [9.17, 15) is 19.1 Å². The number of aromatic nitrogens is 3. The van der Waals surface area contributed by atoms with Crippen molar-refractivity contribution in [3.63, 3.8) is 0 Å². The molecule has 1 aromatic carbocycles. The van der Waals surface area contributed by atoms with E-state index in [0.717, 1.165) is 11.3 Å². The van der Waals surface area contributed by atoms with E-state index in [1.165, 1.54) is 26.2 Å². The minimum Gasteiger partial charge on any atom is -0.387 e. The van der Waals surface area contributed by atoms with Gasteiger partial charge in [-0.15, -0.1) is 0 Å². The van der Waals surface area contributed by atoms with Gasteiger partial charge in [-0.3, -0.25) is 14.6 Å². The number of rotatable bonds is 7. The summed E-state index contributed by atoms with van der Waals surface area (Å²) in [6.07, 6.45) is 1.41. The first-order chi connectivity index (χ1) is 18.1. The third kappa shape index (κ3) is 4.89. The molecule has 5 rings (SSSR count). The first-order valence-electron chi connectivity index (χ1n) is 11.8. The number of anilines is 3. The molecule has 4 N–H and O–H groups in total. The SMILES string of the molecule is CC(C)(O)C(F)CNC(=O)c1cnc(-c2ccc3cc(C#N)cnn23)cc1Nc1ccc2c(c1)CC(=O)N2. The fourth-order valence-electron chi connectivity index (χ4n) is 4.12. The summed E-state index contributed by atoms with van der Waals surface area (Å²) in [7, 11) is 0. The molecule has 0 bridgehead atoms. The van der Waals surface area contributed by atoms with Crippen molar-refractivity contribution in [2.45, 2.75) is 32.0 Å². The van der Waals surface area contributed by atoms with Crippen molar-refractivity contribution in [3.05, 3.63) is 71.5 Å². The zero-order valence-corrected chi connectivity index (χ0v) is 20.6. The number of benzene rings is 1. The maximum Gasteiger partial charge on any atom is 0.255 e. The van der Waals surface area contributed by atoms with Crippen LogP contribution in [0.25, 0.3) is 16.9 Å². The van der Waals surface area contributed by atoms with Crippen LogP contribution in [0.1, 0.15) is 35.3 Å². The monoisotopic (exact) mass is 513 g/mol. The molecule has 4 aromatic rings. The van der Waals surface area contributed by atoms with Gasteiger partial charge in [-0.1, -0.05) is 0 Å². The van der Waals surface area contributed by atoms with Gasteiger partial charge in [0, 0.05) is 17.6 Å². The summed E-state index contributed by atoms with van der Waals surface area (Å²) in [5, 5.41) is 31.9. The molecule has 0 fully saturated rings. The summed E-state index contributed by atoms with van der Waals surface area (Å²) in [5.74, 6) is -0.670. The first kappa shape index (κ1) is 24.9. The van der Waals surface area contributed by atoms with Gasteiger partial charge in [0.25, 0.3) is 5.91 Å². The standard InChI is InChI=1S/C27H24FN7O3/c1-27(2,38)24(28)14-31-26(37)19-13-30-22(23-6-4-18-7-15(11-29)12-32-35(18)23)10-21(19)33-17-3-5-20-16(8-17)9-25(36)34-20/h3-8,10,12-13,24,38H,9,14H2,1-2H3,(H,30,33)(H,31,37)(H,34,36). The maximum atomic E-state index is 14.3. The van der Waals surface area contributed by atoms with Gasteiger partial charge in [0.1, 0.15) is 12.2 Å². The molecule has 11 heteroatoms. The Morgan fingerprint density at radius 3 is 2.84 bits per heavy atom. The average Bonchev–Trinajstić information content (AvgIpc) is 3.48. The number of hydrogen-bond acceptors (Lipinski definition) is 7. The summed E-state index contributed by atoms with van der Waals surface area (Å²) >= 11 is 0. The van der Waals surface area contributed by atoms with Gasteiger partial charge in [-0.25, -0.2) is 8.91 Å². The molecule has 0 spiro atoms. The Morgan fingerprint density at radius 2 is 2.08 bits per heavy atom. The van der Waals surface area contributed by atoms with E-state index in [-0.39, 0.29) is 24.4 Å². The molecule has 0 saturated carbocycles. The fraction of sp³-hybridized carbons (Fsp3) is 0.222. The first-order valence-corrected chi connectivity index (χ1v) is 11.8. The Kier molecular flexibility index (Phi) is 6.26. The summed E-state index contributed by atoms with van der Waals surface area (Å²) in [4.78, 5) is 29.3. The van der Waals surface area contributed by atoms with Crippen LogP contribution in [0, 0.1) is 11.3 Å². The molecule has 1 aliphatic rings. The molecular formula is C27H24FN7O3. The van der Waals surface area contributed by atoms with Crippen molar-refractivity contribution >= 4 is 34.4 Å². The zero-order valence-electron chi connectivity index (χ0n) is 20.6.